The normalized spacial score (nSPS) is 14.5. The van der Waals surface area contributed by atoms with Gasteiger partial charge in [0.2, 0.25) is 0 Å². The van der Waals surface area contributed by atoms with Crippen LogP contribution in [0.25, 0.3) is 0 Å². The van der Waals surface area contributed by atoms with Gasteiger partial charge in [0.05, 0.1) is 25.0 Å². The van der Waals surface area contributed by atoms with Gasteiger partial charge in [-0.15, -0.1) is 0 Å². The molecule has 102 valence electrons. The number of pyridine rings is 1. The third-order valence-corrected chi connectivity index (χ3v) is 3.18. The molecular weight excluding hydrogens is 314 g/mol. The van der Waals surface area contributed by atoms with E-state index >= 15 is 0 Å². The van der Waals surface area contributed by atoms with Gasteiger partial charge in [-0.05, 0) is 34.8 Å². The van der Waals surface area contributed by atoms with Gasteiger partial charge in [0.1, 0.15) is 6.61 Å². The number of rotatable bonds is 4. The van der Waals surface area contributed by atoms with Gasteiger partial charge < -0.3 is 14.0 Å². The standard InChI is InChI=1S/C13H14BrNO4/c14-11-3-4-12(16)15(8-11)5-7-19-13(17)10-2-1-6-18-9-10/h3-4,8-9H,1-2,5-7H2. The molecule has 1 aliphatic heterocycles. The van der Waals surface area contributed by atoms with E-state index in [2.05, 4.69) is 15.9 Å². The molecule has 0 aromatic carbocycles. The van der Waals surface area contributed by atoms with Gasteiger partial charge in [-0.3, -0.25) is 4.79 Å². The van der Waals surface area contributed by atoms with Crippen molar-refractivity contribution >= 4 is 21.9 Å². The molecule has 19 heavy (non-hydrogen) atoms. The van der Waals surface area contributed by atoms with Crippen LogP contribution in [-0.2, 0) is 20.8 Å². The second-order valence-electron chi connectivity index (χ2n) is 4.13. The van der Waals surface area contributed by atoms with Crippen molar-refractivity contribution in [3.8, 4) is 0 Å². The van der Waals surface area contributed by atoms with Crippen molar-refractivity contribution in [1.82, 2.24) is 4.57 Å². The molecule has 0 N–H and O–H groups in total. The second kappa shape index (κ2) is 6.56. The van der Waals surface area contributed by atoms with Crippen LogP contribution in [0.2, 0.25) is 0 Å². The summed E-state index contributed by atoms with van der Waals surface area (Å²) >= 11 is 3.29. The smallest absolute Gasteiger partial charge is 0.337 e. The first-order chi connectivity index (χ1) is 9.16. The lowest BCUT2D eigenvalue weighted by atomic mass is 10.1. The van der Waals surface area contributed by atoms with Crippen LogP contribution in [0.3, 0.4) is 0 Å². The maximum absolute atomic E-state index is 11.7. The maximum atomic E-state index is 11.7. The number of ether oxygens (including phenoxy) is 2. The van der Waals surface area contributed by atoms with Crippen molar-refractivity contribution in [2.45, 2.75) is 19.4 Å². The number of carbonyl (C=O) groups is 1. The van der Waals surface area contributed by atoms with Gasteiger partial charge in [0, 0.05) is 16.7 Å². The van der Waals surface area contributed by atoms with Crippen LogP contribution >= 0.6 is 15.9 Å². The molecule has 0 aliphatic carbocycles. The van der Waals surface area contributed by atoms with E-state index in [1.165, 1.54) is 16.9 Å². The summed E-state index contributed by atoms with van der Waals surface area (Å²) in [6, 6.07) is 3.14. The Kier molecular flexibility index (Phi) is 4.79. The summed E-state index contributed by atoms with van der Waals surface area (Å²) in [4.78, 5) is 23.2. The first-order valence-corrected chi connectivity index (χ1v) is 6.80. The molecule has 1 aliphatic rings. The molecule has 1 aromatic rings. The van der Waals surface area contributed by atoms with Gasteiger partial charge in [-0.25, -0.2) is 4.79 Å². The minimum atomic E-state index is -0.372. The number of esters is 1. The number of hydrogen-bond acceptors (Lipinski definition) is 4. The topological polar surface area (TPSA) is 57.5 Å². The largest absolute Gasteiger partial charge is 0.501 e. The van der Waals surface area contributed by atoms with Gasteiger partial charge >= 0.3 is 5.97 Å². The number of halogens is 1. The van der Waals surface area contributed by atoms with E-state index in [4.69, 9.17) is 9.47 Å². The average molecular weight is 328 g/mol. The molecule has 5 nitrogen and oxygen atoms in total. The average Bonchev–Trinajstić information content (AvgIpc) is 2.43. The Morgan fingerprint density at radius 2 is 2.32 bits per heavy atom. The maximum Gasteiger partial charge on any atom is 0.337 e. The van der Waals surface area contributed by atoms with Crippen molar-refractivity contribution in [3.63, 3.8) is 0 Å². The Hall–Kier alpha value is -1.56. The highest BCUT2D eigenvalue weighted by atomic mass is 79.9. The fraction of sp³-hybridized carbons (Fsp3) is 0.385. The molecule has 0 saturated heterocycles. The Labute approximate surface area is 119 Å². The van der Waals surface area contributed by atoms with E-state index in [1.54, 1.807) is 12.3 Å². The molecule has 2 heterocycles. The van der Waals surface area contributed by atoms with Crippen molar-refractivity contribution in [3.05, 3.63) is 45.0 Å². The monoisotopic (exact) mass is 327 g/mol. The minimum Gasteiger partial charge on any atom is -0.501 e. The molecule has 6 heteroatoms. The third-order valence-electron chi connectivity index (χ3n) is 2.71. The Morgan fingerprint density at radius 1 is 1.47 bits per heavy atom. The zero-order chi connectivity index (χ0) is 13.7. The van der Waals surface area contributed by atoms with Crippen molar-refractivity contribution in [1.29, 1.82) is 0 Å². The molecule has 0 fully saturated rings. The molecule has 0 unspecified atom stereocenters. The lowest BCUT2D eigenvalue weighted by Gasteiger charge is -2.13. The molecule has 0 spiro atoms. The van der Waals surface area contributed by atoms with Gasteiger partial charge in [-0.2, -0.15) is 0 Å². The number of aromatic nitrogens is 1. The van der Waals surface area contributed by atoms with E-state index in [0.29, 0.717) is 25.1 Å². The lowest BCUT2D eigenvalue weighted by Crippen LogP contribution is -2.22. The van der Waals surface area contributed by atoms with Crippen LogP contribution in [0.5, 0.6) is 0 Å². The summed E-state index contributed by atoms with van der Waals surface area (Å²) in [6.07, 6.45) is 4.62. The zero-order valence-electron chi connectivity index (χ0n) is 10.3. The predicted octanol–water partition coefficient (Wildman–Crippen LogP) is 1.85. The molecule has 0 saturated carbocycles. The summed E-state index contributed by atoms with van der Waals surface area (Å²) in [5.74, 6) is -0.372. The molecule has 0 amide bonds. The first-order valence-electron chi connectivity index (χ1n) is 6.00. The molecule has 0 atom stereocenters. The van der Waals surface area contributed by atoms with Crippen molar-refractivity contribution in [2.75, 3.05) is 13.2 Å². The quantitative estimate of drug-likeness (QED) is 0.792. The van der Waals surface area contributed by atoms with Crippen LogP contribution in [0, 0.1) is 0 Å². The van der Waals surface area contributed by atoms with E-state index in [-0.39, 0.29) is 18.1 Å². The van der Waals surface area contributed by atoms with Crippen LogP contribution in [0.4, 0.5) is 0 Å². The molecule has 0 bridgehead atoms. The van der Waals surface area contributed by atoms with E-state index in [1.807, 2.05) is 0 Å². The summed E-state index contributed by atoms with van der Waals surface area (Å²) in [5.41, 5.74) is 0.423. The van der Waals surface area contributed by atoms with Gasteiger partial charge in [-0.1, -0.05) is 0 Å². The van der Waals surface area contributed by atoms with Crippen LogP contribution in [0.15, 0.2) is 39.4 Å². The summed E-state index contributed by atoms with van der Waals surface area (Å²) in [7, 11) is 0. The molecule has 1 aromatic heterocycles. The minimum absolute atomic E-state index is 0.125. The summed E-state index contributed by atoms with van der Waals surface area (Å²) in [6.45, 7) is 1.13. The van der Waals surface area contributed by atoms with E-state index in [9.17, 15) is 9.59 Å². The highest BCUT2D eigenvalue weighted by molar-refractivity contribution is 9.10. The zero-order valence-corrected chi connectivity index (χ0v) is 11.9. The number of carbonyl (C=O) groups excluding carboxylic acids is 1. The van der Waals surface area contributed by atoms with Crippen LogP contribution < -0.4 is 5.56 Å². The Balaban J connectivity index is 1.86. The fourth-order valence-corrected chi connectivity index (χ4v) is 2.10. The Morgan fingerprint density at radius 3 is 3.05 bits per heavy atom. The predicted molar refractivity (Wildman–Crippen MR) is 72.6 cm³/mol. The summed E-state index contributed by atoms with van der Waals surface area (Å²) < 4.78 is 12.5. The third kappa shape index (κ3) is 3.96. The Bertz CT molecular complexity index is 550. The van der Waals surface area contributed by atoms with Gasteiger partial charge in [0.25, 0.3) is 5.56 Å². The van der Waals surface area contributed by atoms with Crippen molar-refractivity contribution in [2.24, 2.45) is 0 Å². The highest BCUT2D eigenvalue weighted by Crippen LogP contribution is 2.13. The first kappa shape index (κ1) is 13.9. The van der Waals surface area contributed by atoms with Crippen molar-refractivity contribution < 1.29 is 14.3 Å². The van der Waals surface area contributed by atoms with E-state index < -0.39 is 0 Å². The van der Waals surface area contributed by atoms with Gasteiger partial charge in [0.15, 0.2) is 0 Å². The molecule has 2 rings (SSSR count). The summed E-state index contributed by atoms with van der Waals surface area (Å²) in [5, 5.41) is 0. The van der Waals surface area contributed by atoms with Crippen LogP contribution in [0.1, 0.15) is 12.8 Å². The number of nitrogens with zero attached hydrogens (tertiary/aromatic N) is 1. The molecule has 0 radical (unpaired) electrons. The number of hydrogen-bond donors (Lipinski definition) is 0. The fourth-order valence-electron chi connectivity index (χ4n) is 1.72. The van der Waals surface area contributed by atoms with E-state index in [0.717, 1.165) is 10.9 Å². The molecular formula is C13H14BrNO4. The second-order valence-corrected chi connectivity index (χ2v) is 5.05. The lowest BCUT2D eigenvalue weighted by molar-refractivity contribution is -0.139. The van der Waals surface area contributed by atoms with Crippen LogP contribution in [-0.4, -0.2) is 23.8 Å². The highest BCUT2D eigenvalue weighted by Gasteiger charge is 2.14. The SMILES string of the molecule is O=C(OCCn1cc(Br)ccc1=O)C1=COCCC1.